The number of hydrogen-bond acceptors (Lipinski definition) is 6. The molecule has 1 N–H and O–H groups in total. The lowest BCUT2D eigenvalue weighted by Gasteiger charge is -2.20. The summed E-state index contributed by atoms with van der Waals surface area (Å²) in [6.45, 7) is -0.432. The van der Waals surface area contributed by atoms with E-state index in [2.05, 4.69) is 10.3 Å². The van der Waals surface area contributed by atoms with E-state index in [0.29, 0.717) is 27.7 Å². The predicted molar refractivity (Wildman–Crippen MR) is 133 cm³/mol. The summed E-state index contributed by atoms with van der Waals surface area (Å²) < 4.78 is 15.7. The number of carbonyl (C=O) groups is 2. The highest BCUT2D eigenvalue weighted by molar-refractivity contribution is 6.29. The quantitative estimate of drug-likeness (QED) is 0.277. The zero-order valence-corrected chi connectivity index (χ0v) is 19.9. The van der Waals surface area contributed by atoms with E-state index in [1.807, 2.05) is 48.5 Å². The molecule has 0 atom stereocenters. The summed E-state index contributed by atoms with van der Waals surface area (Å²) in [4.78, 5) is 29.5. The smallest absolute Gasteiger partial charge is 0.338 e. The van der Waals surface area contributed by atoms with Crippen LogP contribution in [-0.4, -0.2) is 37.7 Å². The lowest BCUT2D eigenvalue weighted by atomic mass is 9.98. The van der Waals surface area contributed by atoms with E-state index < -0.39 is 24.5 Å². The molecule has 178 valence electrons. The number of methoxy groups -OCH3 is 2. The van der Waals surface area contributed by atoms with E-state index in [0.717, 1.165) is 16.5 Å². The van der Waals surface area contributed by atoms with Crippen LogP contribution in [0.1, 0.15) is 27.5 Å². The summed E-state index contributed by atoms with van der Waals surface area (Å²) in [6, 6.07) is 22.6. The summed E-state index contributed by atoms with van der Waals surface area (Å²) in [5.41, 5.74) is 2.66. The molecule has 1 amide bonds. The topological polar surface area (TPSA) is 86.8 Å². The Kier molecular flexibility index (Phi) is 7.48. The van der Waals surface area contributed by atoms with Crippen molar-refractivity contribution in [1.82, 2.24) is 10.3 Å². The summed E-state index contributed by atoms with van der Waals surface area (Å²) in [5, 5.41) is 4.06. The van der Waals surface area contributed by atoms with Gasteiger partial charge in [0.1, 0.15) is 16.7 Å². The first-order chi connectivity index (χ1) is 17.0. The standard InChI is InChI=1S/C27H23ClN2O5/c1-33-21-9-3-17(4-10-21)26(18-5-11-22(34-2)12-6-18)30-25(31)16-35-27(32)20-7-13-23-19(15-20)8-14-24(28)29-23/h3-15,26H,16H2,1-2H3,(H,30,31). The van der Waals surface area contributed by atoms with Gasteiger partial charge in [-0.25, -0.2) is 9.78 Å². The Labute approximate surface area is 207 Å². The Morgan fingerprint density at radius 2 is 1.46 bits per heavy atom. The first-order valence-electron chi connectivity index (χ1n) is 10.8. The van der Waals surface area contributed by atoms with Crippen LogP contribution in [0.3, 0.4) is 0 Å². The van der Waals surface area contributed by atoms with Crippen LogP contribution in [-0.2, 0) is 9.53 Å². The number of benzene rings is 3. The zero-order chi connectivity index (χ0) is 24.8. The molecule has 4 aromatic rings. The number of rotatable bonds is 8. The van der Waals surface area contributed by atoms with E-state index in [1.54, 1.807) is 44.6 Å². The molecule has 0 spiro atoms. The summed E-state index contributed by atoms with van der Waals surface area (Å²) in [6.07, 6.45) is 0. The Morgan fingerprint density at radius 1 is 0.857 bits per heavy atom. The van der Waals surface area contributed by atoms with E-state index >= 15 is 0 Å². The van der Waals surface area contributed by atoms with Crippen molar-refractivity contribution in [3.63, 3.8) is 0 Å². The lowest BCUT2D eigenvalue weighted by Crippen LogP contribution is -2.33. The predicted octanol–water partition coefficient (Wildman–Crippen LogP) is 4.97. The van der Waals surface area contributed by atoms with Crippen molar-refractivity contribution in [1.29, 1.82) is 0 Å². The molecule has 0 saturated heterocycles. The number of carbonyl (C=O) groups excluding carboxylic acids is 2. The molecule has 0 aliphatic heterocycles. The Morgan fingerprint density at radius 3 is 2.03 bits per heavy atom. The third-order valence-corrected chi connectivity index (χ3v) is 5.64. The molecule has 1 heterocycles. The second-order valence-corrected chi connectivity index (χ2v) is 8.05. The minimum absolute atomic E-state index is 0.316. The van der Waals surface area contributed by atoms with Gasteiger partial charge in [0.05, 0.1) is 31.3 Å². The molecule has 0 saturated carbocycles. The molecule has 0 radical (unpaired) electrons. The maximum absolute atomic E-state index is 12.8. The highest BCUT2D eigenvalue weighted by Gasteiger charge is 2.19. The summed E-state index contributed by atoms with van der Waals surface area (Å²) in [7, 11) is 3.18. The number of nitrogens with one attached hydrogen (secondary N) is 1. The maximum atomic E-state index is 12.8. The van der Waals surface area contributed by atoms with E-state index in [-0.39, 0.29) is 0 Å². The van der Waals surface area contributed by atoms with Gasteiger partial charge in [-0.05, 0) is 65.7 Å². The van der Waals surface area contributed by atoms with Crippen molar-refractivity contribution in [2.24, 2.45) is 0 Å². The summed E-state index contributed by atoms with van der Waals surface area (Å²) in [5.74, 6) is 0.359. The monoisotopic (exact) mass is 490 g/mol. The number of amides is 1. The molecular formula is C27H23ClN2O5. The summed E-state index contributed by atoms with van der Waals surface area (Å²) >= 11 is 5.91. The zero-order valence-electron chi connectivity index (χ0n) is 19.2. The molecule has 35 heavy (non-hydrogen) atoms. The molecule has 0 bridgehead atoms. The molecule has 0 aliphatic rings. The maximum Gasteiger partial charge on any atom is 0.338 e. The molecule has 7 nitrogen and oxygen atoms in total. The van der Waals surface area contributed by atoms with Crippen molar-refractivity contribution >= 4 is 34.4 Å². The number of nitrogens with zero attached hydrogens (tertiary/aromatic N) is 1. The minimum atomic E-state index is -0.609. The van der Waals surface area contributed by atoms with Crippen molar-refractivity contribution in [2.45, 2.75) is 6.04 Å². The fraction of sp³-hybridized carbons (Fsp3) is 0.148. The van der Waals surface area contributed by atoms with Crippen LogP contribution in [0.4, 0.5) is 0 Å². The molecule has 0 fully saturated rings. The van der Waals surface area contributed by atoms with E-state index in [1.165, 1.54) is 0 Å². The van der Waals surface area contributed by atoms with Crippen LogP contribution in [0.2, 0.25) is 5.15 Å². The molecule has 1 aromatic heterocycles. The molecule has 4 rings (SSSR count). The highest BCUT2D eigenvalue weighted by Crippen LogP contribution is 2.26. The van der Waals surface area contributed by atoms with E-state index in [4.69, 9.17) is 25.8 Å². The van der Waals surface area contributed by atoms with E-state index in [9.17, 15) is 9.59 Å². The SMILES string of the molecule is COc1ccc(C(NC(=O)COC(=O)c2ccc3nc(Cl)ccc3c2)c2ccc(OC)cc2)cc1. The van der Waals surface area contributed by atoms with Gasteiger partial charge in [-0.3, -0.25) is 4.79 Å². The number of fused-ring (bicyclic) bond motifs is 1. The van der Waals surface area contributed by atoms with Crippen LogP contribution in [0, 0.1) is 0 Å². The molecule has 3 aromatic carbocycles. The number of esters is 1. The van der Waals surface area contributed by atoms with Gasteiger partial charge in [-0.15, -0.1) is 0 Å². The second kappa shape index (κ2) is 10.9. The fourth-order valence-corrected chi connectivity index (χ4v) is 3.75. The van der Waals surface area contributed by atoms with Crippen molar-refractivity contribution in [3.8, 4) is 11.5 Å². The van der Waals surface area contributed by atoms with Gasteiger partial charge in [0.15, 0.2) is 6.61 Å². The normalized spacial score (nSPS) is 10.7. The van der Waals surface area contributed by atoms with Gasteiger partial charge in [0.25, 0.3) is 5.91 Å². The van der Waals surface area contributed by atoms with Crippen LogP contribution in [0.5, 0.6) is 11.5 Å². The molecule has 0 unspecified atom stereocenters. The first kappa shape index (κ1) is 24.0. The number of hydrogen-bond donors (Lipinski definition) is 1. The van der Waals surface area contributed by atoms with Crippen LogP contribution < -0.4 is 14.8 Å². The Hall–Kier alpha value is -4.10. The molecular weight excluding hydrogens is 468 g/mol. The van der Waals surface area contributed by atoms with Crippen LogP contribution >= 0.6 is 11.6 Å². The van der Waals surface area contributed by atoms with Gasteiger partial charge in [-0.1, -0.05) is 35.9 Å². The van der Waals surface area contributed by atoms with Crippen molar-refractivity contribution in [2.75, 3.05) is 20.8 Å². The minimum Gasteiger partial charge on any atom is -0.497 e. The van der Waals surface area contributed by atoms with Crippen molar-refractivity contribution < 1.29 is 23.8 Å². The third kappa shape index (κ3) is 5.88. The average molecular weight is 491 g/mol. The molecule has 8 heteroatoms. The molecule has 0 aliphatic carbocycles. The number of halogens is 1. The number of ether oxygens (including phenoxy) is 3. The van der Waals surface area contributed by atoms with Crippen LogP contribution in [0.25, 0.3) is 10.9 Å². The van der Waals surface area contributed by atoms with Gasteiger partial charge >= 0.3 is 5.97 Å². The Bertz CT molecular complexity index is 1290. The largest absolute Gasteiger partial charge is 0.497 e. The van der Waals surface area contributed by atoms with Gasteiger partial charge in [0, 0.05) is 5.39 Å². The second-order valence-electron chi connectivity index (χ2n) is 7.66. The van der Waals surface area contributed by atoms with Crippen LogP contribution in [0.15, 0.2) is 78.9 Å². The number of aromatic nitrogens is 1. The van der Waals surface area contributed by atoms with Gasteiger partial charge in [0.2, 0.25) is 0 Å². The lowest BCUT2D eigenvalue weighted by molar-refractivity contribution is -0.124. The van der Waals surface area contributed by atoms with Gasteiger partial charge in [-0.2, -0.15) is 0 Å². The number of pyridine rings is 1. The first-order valence-corrected chi connectivity index (χ1v) is 11.2. The van der Waals surface area contributed by atoms with Crippen molar-refractivity contribution in [3.05, 3.63) is 101 Å². The third-order valence-electron chi connectivity index (χ3n) is 5.43. The fourth-order valence-electron chi connectivity index (χ4n) is 3.60. The van der Waals surface area contributed by atoms with Gasteiger partial charge < -0.3 is 19.5 Å². The average Bonchev–Trinajstić information content (AvgIpc) is 2.90. The Balaban J connectivity index is 1.46. The highest BCUT2D eigenvalue weighted by atomic mass is 35.5.